The van der Waals surface area contributed by atoms with Gasteiger partial charge in [-0.3, -0.25) is 9.59 Å². The number of carbonyl (C=O) groups excluding carboxylic acids is 1. The van der Waals surface area contributed by atoms with Gasteiger partial charge in [0.05, 0.1) is 5.92 Å². The van der Waals surface area contributed by atoms with Gasteiger partial charge in [0.15, 0.2) is 0 Å². The van der Waals surface area contributed by atoms with Crippen LogP contribution in [0.4, 0.5) is 0 Å². The van der Waals surface area contributed by atoms with Crippen LogP contribution in [0.5, 0.6) is 0 Å². The molecule has 1 fully saturated rings. The third-order valence-corrected chi connectivity index (χ3v) is 4.89. The van der Waals surface area contributed by atoms with E-state index < -0.39 is 11.9 Å². The molecule has 2 aromatic rings. The van der Waals surface area contributed by atoms with Crippen LogP contribution in [0.3, 0.4) is 0 Å². The molecule has 1 aromatic heterocycles. The average Bonchev–Trinajstić information content (AvgIpc) is 2.94. The zero-order chi connectivity index (χ0) is 17.3. The normalized spacial score (nSPS) is 21.2. The lowest BCUT2D eigenvalue weighted by molar-refractivity contribution is -0.146. The standard InChI is InChI=1S/C19H24N2O3/c1-12-3-5-17-16(8-12)14(9-20-17)4-6-18(22)21-10-13(2)7-15(11-21)19(23)24/h3,5,8-9,13,15,20H,4,6-7,10-11H2,1-2H3,(H,23,24). The van der Waals surface area contributed by atoms with Gasteiger partial charge in [0.25, 0.3) is 0 Å². The molecule has 0 radical (unpaired) electrons. The molecule has 128 valence electrons. The molecule has 1 aliphatic rings. The Morgan fingerprint density at radius 1 is 1.33 bits per heavy atom. The predicted molar refractivity (Wildman–Crippen MR) is 92.8 cm³/mol. The second-order valence-corrected chi connectivity index (χ2v) is 7.04. The van der Waals surface area contributed by atoms with Crippen LogP contribution in [0.1, 0.15) is 30.9 Å². The first-order valence-corrected chi connectivity index (χ1v) is 8.51. The SMILES string of the molecule is Cc1ccc2[nH]cc(CCC(=O)N3CC(C)CC(C(=O)O)C3)c2c1. The zero-order valence-electron chi connectivity index (χ0n) is 14.2. The third kappa shape index (κ3) is 3.45. The lowest BCUT2D eigenvalue weighted by Gasteiger charge is -2.34. The monoisotopic (exact) mass is 328 g/mol. The Morgan fingerprint density at radius 3 is 2.88 bits per heavy atom. The number of hydrogen-bond acceptors (Lipinski definition) is 2. The number of nitrogens with zero attached hydrogens (tertiary/aromatic N) is 1. The number of carboxylic acids is 1. The summed E-state index contributed by atoms with van der Waals surface area (Å²) < 4.78 is 0. The highest BCUT2D eigenvalue weighted by atomic mass is 16.4. The number of hydrogen-bond donors (Lipinski definition) is 2. The van der Waals surface area contributed by atoms with Gasteiger partial charge in [-0.1, -0.05) is 18.6 Å². The summed E-state index contributed by atoms with van der Waals surface area (Å²) in [4.78, 5) is 28.8. The number of carbonyl (C=O) groups is 2. The Kier molecular flexibility index (Phi) is 4.60. The fourth-order valence-corrected chi connectivity index (χ4v) is 3.63. The Hall–Kier alpha value is -2.30. The fraction of sp³-hybridized carbons (Fsp3) is 0.474. The summed E-state index contributed by atoms with van der Waals surface area (Å²) in [6, 6.07) is 6.25. The van der Waals surface area contributed by atoms with Gasteiger partial charge in [0, 0.05) is 36.6 Å². The minimum absolute atomic E-state index is 0.0507. The number of rotatable bonds is 4. The van der Waals surface area contributed by atoms with Crippen LogP contribution < -0.4 is 0 Å². The van der Waals surface area contributed by atoms with Crippen LogP contribution in [-0.2, 0) is 16.0 Å². The molecule has 1 saturated heterocycles. The van der Waals surface area contributed by atoms with Crippen LogP contribution in [0.15, 0.2) is 24.4 Å². The van der Waals surface area contributed by atoms with Gasteiger partial charge >= 0.3 is 5.97 Å². The number of aromatic nitrogens is 1. The average molecular weight is 328 g/mol. The van der Waals surface area contributed by atoms with Crippen LogP contribution in [0.2, 0.25) is 0 Å². The van der Waals surface area contributed by atoms with Gasteiger partial charge in [0.2, 0.25) is 5.91 Å². The first-order valence-electron chi connectivity index (χ1n) is 8.51. The number of H-pyrrole nitrogens is 1. The molecular formula is C19H24N2O3. The van der Waals surface area contributed by atoms with Gasteiger partial charge in [-0.05, 0) is 43.4 Å². The van der Waals surface area contributed by atoms with E-state index in [1.54, 1.807) is 4.90 Å². The summed E-state index contributed by atoms with van der Waals surface area (Å²) in [5.41, 5.74) is 3.42. The second-order valence-electron chi connectivity index (χ2n) is 7.04. The van der Waals surface area contributed by atoms with Gasteiger partial charge < -0.3 is 15.0 Å². The molecule has 5 heteroatoms. The van der Waals surface area contributed by atoms with E-state index in [2.05, 4.69) is 30.1 Å². The van der Waals surface area contributed by atoms with Gasteiger partial charge in [-0.25, -0.2) is 0 Å². The third-order valence-electron chi connectivity index (χ3n) is 4.89. The van der Waals surface area contributed by atoms with Crippen molar-refractivity contribution in [3.05, 3.63) is 35.5 Å². The Bertz CT molecular complexity index is 765. The van der Waals surface area contributed by atoms with E-state index in [0.29, 0.717) is 32.4 Å². The lowest BCUT2D eigenvalue weighted by Crippen LogP contribution is -2.45. The van der Waals surface area contributed by atoms with Crippen LogP contribution in [0.25, 0.3) is 10.9 Å². The summed E-state index contributed by atoms with van der Waals surface area (Å²) >= 11 is 0. The van der Waals surface area contributed by atoms with E-state index in [-0.39, 0.29) is 11.8 Å². The summed E-state index contributed by atoms with van der Waals surface area (Å²) in [5, 5.41) is 10.4. The molecule has 1 amide bonds. The molecule has 0 saturated carbocycles. The Balaban J connectivity index is 1.66. The van der Waals surface area contributed by atoms with Gasteiger partial charge in [-0.2, -0.15) is 0 Å². The fourth-order valence-electron chi connectivity index (χ4n) is 3.63. The number of benzene rings is 1. The van der Waals surface area contributed by atoms with Crippen molar-refractivity contribution in [3.63, 3.8) is 0 Å². The number of amides is 1. The van der Waals surface area contributed by atoms with Crippen molar-refractivity contribution in [1.82, 2.24) is 9.88 Å². The molecule has 2 atom stereocenters. The minimum Gasteiger partial charge on any atom is -0.481 e. The van der Waals surface area contributed by atoms with E-state index in [9.17, 15) is 14.7 Å². The predicted octanol–water partition coefficient (Wildman–Crippen LogP) is 2.98. The molecule has 1 aliphatic heterocycles. The number of aryl methyl sites for hydroxylation is 2. The molecule has 1 aromatic carbocycles. The minimum atomic E-state index is -0.800. The molecular weight excluding hydrogens is 304 g/mol. The highest BCUT2D eigenvalue weighted by Gasteiger charge is 2.31. The Morgan fingerprint density at radius 2 is 2.12 bits per heavy atom. The number of aliphatic carboxylic acids is 1. The Labute approximate surface area is 141 Å². The molecule has 0 spiro atoms. The molecule has 2 unspecified atom stereocenters. The maximum Gasteiger partial charge on any atom is 0.308 e. The van der Waals surface area contributed by atoms with Crippen LogP contribution in [0, 0.1) is 18.8 Å². The van der Waals surface area contributed by atoms with E-state index in [1.165, 1.54) is 10.9 Å². The summed E-state index contributed by atoms with van der Waals surface area (Å²) in [7, 11) is 0. The van der Waals surface area contributed by atoms with Crippen molar-refractivity contribution < 1.29 is 14.7 Å². The lowest BCUT2D eigenvalue weighted by atomic mass is 9.90. The molecule has 0 bridgehead atoms. The van der Waals surface area contributed by atoms with Crippen molar-refractivity contribution in [2.75, 3.05) is 13.1 Å². The molecule has 0 aliphatic carbocycles. The van der Waals surface area contributed by atoms with Crippen molar-refractivity contribution in [3.8, 4) is 0 Å². The van der Waals surface area contributed by atoms with Crippen molar-refractivity contribution in [1.29, 1.82) is 0 Å². The number of fused-ring (bicyclic) bond motifs is 1. The summed E-state index contributed by atoms with van der Waals surface area (Å²) in [6.45, 7) is 5.07. The topological polar surface area (TPSA) is 73.4 Å². The summed E-state index contributed by atoms with van der Waals surface area (Å²) in [6.07, 6.45) is 3.71. The zero-order valence-corrected chi connectivity index (χ0v) is 14.2. The quantitative estimate of drug-likeness (QED) is 0.906. The maximum absolute atomic E-state index is 12.5. The maximum atomic E-state index is 12.5. The van der Waals surface area contributed by atoms with Crippen molar-refractivity contribution >= 4 is 22.8 Å². The van der Waals surface area contributed by atoms with Gasteiger partial charge in [0.1, 0.15) is 0 Å². The molecule has 5 nitrogen and oxygen atoms in total. The van der Waals surface area contributed by atoms with Crippen LogP contribution in [-0.4, -0.2) is 40.0 Å². The number of aromatic amines is 1. The summed E-state index contributed by atoms with van der Waals surface area (Å²) in [5.74, 6) is -0.950. The van der Waals surface area contributed by atoms with E-state index in [0.717, 1.165) is 11.1 Å². The first kappa shape index (κ1) is 16.6. The molecule has 2 heterocycles. The number of nitrogens with one attached hydrogen (secondary N) is 1. The second kappa shape index (κ2) is 6.67. The van der Waals surface area contributed by atoms with Gasteiger partial charge in [-0.15, -0.1) is 0 Å². The number of likely N-dealkylation sites (tertiary alicyclic amines) is 1. The smallest absolute Gasteiger partial charge is 0.308 e. The molecule has 3 rings (SSSR count). The largest absolute Gasteiger partial charge is 0.481 e. The van der Waals surface area contributed by atoms with E-state index in [1.807, 2.05) is 13.1 Å². The van der Waals surface area contributed by atoms with E-state index in [4.69, 9.17) is 0 Å². The number of piperidine rings is 1. The highest BCUT2D eigenvalue weighted by Crippen LogP contribution is 2.24. The highest BCUT2D eigenvalue weighted by molar-refractivity contribution is 5.85. The first-order chi connectivity index (χ1) is 11.4. The molecule has 2 N–H and O–H groups in total. The van der Waals surface area contributed by atoms with E-state index >= 15 is 0 Å². The number of carboxylic acid groups (broad SMARTS) is 1. The van der Waals surface area contributed by atoms with Crippen molar-refractivity contribution in [2.45, 2.75) is 33.1 Å². The van der Waals surface area contributed by atoms with Crippen LogP contribution >= 0.6 is 0 Å². The van der Waals surface area contributed by atoms with Crippen molar-refractivity contribution in [2.24, 2.45) is 11.8 Å². The molecule has 24 heavy (non-hydrogen) atoms.